The van der Waals surface area contributed by atoms with Crippen LogP contribution in [0.25, 0.3) is 5.52 Å². The summed E-state index contributed by atoms with van der Waals surface area (Å²) in [5, 5.41) is 4.27. The van der Waals surface area contributed by atoms with Gasteiger partial charge in [-0.05, 0) is 30.2 Å². The molecule has 0 spiro atoms. The van der Waals surface area contributed by atoms with Gasteiger partial charge in [0.1, 0.15) is 0 Å². The molecule has 0 saturated heterocycles. The highest BCUT2D eigenvalue weighted by molar-refractivity contribution is 6.10. The highest BCUT2D eigenvalue weighted by atomic mass is 16.5. The quantitative estimate of drug-likeness (QED) is 0.941. The minimum Gasteiger partial charge on any atom is -0.482 e. The summed E-state index contributed by atoms with van der Waals surface area (Å²) in [6.45, 7) is 4.16. The summed E-state index contributed by atoms with van der Waals surface area (Å²) in [5.41, 5.74) is 6.85. The van der Waals surface area contributed by atoms with E-state index in [-0.39, 0.29) is 11.8 Å². The molecule has 0 aliphatic carbocycles. The zero-order chi connectivity index (χ0) is 15.0. The van der Waals surface area contributed by atoms with Gasteiger partial charge in [0.05, 0.1) is 18.3 Å². The van der Waals surface area contributed by atoms with E-state index in [9.17, 15) is 4.79 Å². The van der Waals surface area contributed by atoms with E-state index in [0.29, 0.717) is 6.42 Å². The number of nitrogens with zero attached hydrogens (tertiary/aromatic N) is 2. The Balaban J connectivity index is 2.19. The molecule has 1 aliphatic heterocycles. The first-order valence-electron chi connectivity index (χ1n) is 7.18. The van der Waals surface area contributed by atoms with E-state index in [1.807, 2.05) is 23.5 Å². The molecule has 3 heterocycles. The summed E-state index contributed by atoms with van der Waals surface area (Å²) >= 11 is 0. The monoisotopic (exact) mass is 285 g/mol. The van der Waals surface area contributed by atoms with Crippen molar-refractivity contribution in [2.75, 3.05) is 7.11 Å². The first kappa shape index (κ1) is 13.7. The van der Waals surface area contributed by atoms with Crippen molar-refractivity contribution in [3.05, 3.63) is 35.5 Å². The fraction of sp³-hybridized carbons (Fsp3) is 0.375. The van der Waals surface area contributed by atoms with Crippen molar-refractivity contribution in [3.8, 4) is 5.88 Å². The number of amides is 1. The second kappa shape index (κ2) is 5.24. The number of hydrazone groups is 1. The molecular formula is C16H19N3O2. The number of aryl methyl sites for hydroxylation is 1. The third-order valence-corrected chi connectivity index (χ3v) is 3.94. The molecule has 0 fully saturated rings. The van der Waals surface area contributed by atoms with Crippen LogP contribution in [0.2, 0.25) is 0 Å². The zero-order valence-corrected chi connectivity index (χ0v) is 12.5. The topological polar surface area (TPSA) is 55.1 Å². The SMILES string of the molecule is CCc1cc2c(C3=NNC(=O)CC3C)ccc(OC)n2c1. The number of aromatic nitrogens is 1. The van der Waals surface area contributed by atoms with Crippen molar-refractivity contribution in [3.63, 3.8) is 0 Å². The molecule has 5 heteroatoms. The van der Waals surface area contributed by atoms with E-state index in [4.69, 9.17) is 4.74 Å². The number of carbonyl (C=O) groups is 1. The molecule has 1 unspecified atom stereocenters. The van der Waals surface area contributed by atoms with Gasteiger partial charge >= 0.3 is 0 Å². The van der Waals surface area contributed by atoms with Crippen molar-refractivity contribution < 1.29 is 9.53 Å². The first-order chi connectivity index (χ1) is 10.1. The van der Waals surface area contributed by atoms with Gasteiger partial charge in [-0.25, -0.2) is 5.43 Å². The van der Waals surface area contributed by atoms with Gasteiger partial charge in [-0.1, -0.05) is 13.8 Å². The number of carbonyl (C=O) groups excluding carboxylic acids is 1. The van der Waals surface area contributed by atoms with Gasteiger partial charge in [0.15, 0.2) is 5.88 Å². The van der Waals surface area contributed by atoms with Crippen LogP contribution in [-0.2, 0) is 11.2 Å². The number of fused-ring (bicyclic) bond motifs is 1. The summed E-state index contributed by atoms with van der Waals surface area (Å²) < 4.78 is 7.47. The number of ether oxygens (including phenoxy) is 1. The molecule has 1 atom stereocenters. The third-order valence-electron chi connectivity index (χ3n) is 3.94. The lowest BCUT2D eigenvalue weighted by Crippen LogP contribution is -2.32. The summed E-state index contributed by atoms with van der Waals surface area (Å²) in [4.78, 5) is 11.4. The highest BCUT2D eigenvalue weighted by Gasteiger charge is 2.24. The van der Waals surface area contributed by atoms with Crippen LogP contribution in [0, 0.1) is 5.92 Å². The van der Waals surface area contributed by atoms with Crippen molar-refractivity contribution in [1.82, 2.24) is 9.83 Å². The number of methoxy groups -OCH3 is 1. The molecule has 5 nitrogen and oxygen atoms in total. The lowest BCUT2D eigenvalue weighted by atomic mass is 9.94. The van der Waals surface area contributed by atoms with E-state index < -0.39 is 0 Å². The standard InChI is InChI=1S/C16H19N3O2/c1-4-11-8-13-12(5-6-15(21-3)19(13)9-11)16-10(2)7-14(20)17-18-16/h5-6,8-10H,4,7H2,1-3H3,(H,17,20). The fourth-order valence-corrected chi connectivity index (χ4v) is 2.78. The Labute approximate surface area is 123 Å². The van der Waals surface area contributed by atoms with Crippen LogP contribution in [0.5, 0.6) is 5.88 Å². The van der Waals surface area contributed by atoms with Crippen LogP contribution in [0.1, 0.15) is 31.4 Å². The Morgan fingerprint density at radius 1 is 1.48 bits per heavy atom. The number of hydrogen-bond donors (Lipinski definition) is 1. The van der Waals surface area contributed by atoms with E-state index >= 15 is 0 Å². The summed E-state index contributed by atoms with van der Waals surface area (Å²) in [6.07, 6.45) is 3.52. The Morgan fingerprint density at radius 2 is 2.29 bits per heavy atom. The number of pyridine rings is 1. The molecule has 0 aromatic carbocycles. The molecule has 3 rings (SSSR count). The minimum absolute atomic E-state index is 0.0274. The summed E-state index contributed by atoms with van der Waals surface area (Å²) in [5.74, 6) is 0.873. The Hall–Kier alpha value is -2.30. The molecule has 21 heavy (non-hydrogen) atoms. The lowest BCUT2D eigenvalue weighted by Gasteiger charge is -2.20. The molecule has 0 saturated carbocycles. The molecular weight excluding hydrogens is 266 g/mol. The number of hydrogen-bond acceptors (Lipinski definition) is 3. The normalized spacial score (nSPS) is 18.5. The molecule has 1 amide bonds. The zero-order valence-electron chi connectivity index (χ0n) is 12.5. The van der Waals surface area contributed by atoms with Crippen molar-refractivity contribution in [1.29, 1.82) is 0 Å². The average molecular weight is 285 g/mol. The average Bonchev–Trinajstić information content (AvgIpc) is 2.91. The highest BCUT2D eigenvalue weighted by Crippen LogP contribution is 2.26. The van der Waals surface area contributed by atoms with Gasteiger partial charge in [-0.3, -0.25) is 9.20 Å². The maximum atomic E-state index is 11.4. The van der Waals surface area contributed by atoms with Crippen molar-refractivity contribution >= 4 is 17.1 Å². The predicted octanol–water partition coefficient (Wildman–Crippen LogP) is 2.37. The van der Waals surface area contributed by atoms with Crippen LogP contribution in [0.3, 0.4) is 0 Å². The molecule has 110 valence electrons. The molecule has 2 aromatic rings. The van der Waals surface area contributed by atoms with Gasteiger partial charge in [-0.15, -0.1) is 0 Å². The Bertz CT molecular complexity index is 730. The first-order valence-corrected chi connectivity index (χ1v) is 7.18. The molecule has 1 N–H and O–H groups in total. The van der Waals surface area contributed by atoms with Crippen LogP contribution < -0.4 is 10.2 Å². The van der Waals surface area contributed by atoms with Gasteiger partial charge in [-0.2, -0.15) is 5.10 Å². The minimum atomic E-state index is -0.0274. The van der Waals surface area contributed by atoms with E-state index in [0.717, 1.165) is 29.1 Å². The van der Waals surface area contributed by atoms with Gasteiger partial charge in [0, 0.05) is 24.1 Å². The Kier molecular flexibility index (Phi) is 3.41. The van der Waals surface area contributed by atoms with Crippen LogP contribution >= 0.6 is 0 Å². The summed E-state index contributed by atoms with van der Waals surface area (Å²) in [6, 6.07) is 6.11. The van der Waals surface area contributed by atoms with Crippen LogP contribution in [0.4, 0.5) is 0 Å². The third kappa shape index (κ3) is 2.28. The molecule has 2 aromatic heterocycles. The molecule has 1 aliphatic rings. The van der Waals surface area contributed by atoms with Crippen molar-refractivity contribution in [2.45, 2.75) is 26.7 Å². The van der Waals surface area contributed by atoms with Crippen LogP contribution in [-0.4, -0.2) is 23.1 Å². The fourth-order valence-electron chi connectivity index (χ4n) is 2.78. The molecule has 0 bridgehead atoms. The van der Waals surface area contributed by atoms with Crippen LogP contribution in [0.15, 0.2) is 29.5 Å². The number of nitrogens with one attached hydrogen (secondary N) is 1. The maximum absolute atomic E-state index is 11.4. The molecule has 0 radical (unpaired) electrons. The van der Waals surface area contributed by atoms with E-state index in [1.165, 1.54) is 5.56 Å². The van der Waals surface area contributed by atoms with E-state index in [2.05, 4.69) is 29.7 Å². The largest absolute Gasteiger partial charge is 0.482 e. The number of rotatable bonds is 3. The smallest absolute Gasteiger partial charge is 0.240 e. The lowest BCUT2D eigenvalue weighted by molar-refractivity contribution is -0.121. The maximum Gasteiger partial charge on any atom is 0.240 e. The van der Waals surface area contributed by atoms with Gasteiger partial charge in [0.25, 0.3) is 0 Å². The van der Waals surface area contributed by atoms with Gasteiger partial charge in [0.2, 0.25) is 5.91 Å². The van der Waals surface area contributed by atoms with Gasteiger partial charge < -0.3 is 4.74 Å². The predicted molar refractivity (Wildman–Crippen MR) is 81.8 cm³/mol. The second-order valence-electron chi connectivity index (χ2n) is 5.38. The Morgan fingerprint density at radius 3 is 2.95 bits per heavy atom. The van der Waals surface area contributed by atoms with E-state index in [1.54, 1.807) is 7.11 Å². The second-order valence-corrected chi connectivity index (χ2v) is 5.38. The summed E-state index contributed by atoms with van der Waals surface area (Å²) in [7, 11) is 1.67. The van der Waals surface area contributed by atoms with Crippen molar-refractivity contribution in [2.24, 2.45) is 11.0 Å².